The van der Waals surface area contributed by atoms with Crippen LogP contribution in [0.4, 0.5) is 17.1 Å². The van der Waals surface area contributed by atoms with E-state index in [9.17, 15) is 0 Å². The van der Waals surface area contributed by atoms with E-state index in [0.29, 0.717) is 0 Å². The molecular weight excluding hydrogens is 691 g/mol. The minimum atomic E-state index is -0.165. The van der Waals surface area contributed by atoms with E-state index >= 15 is 0 Å². The second kappa shape index (κ2) is 13.0. The molecule has 0 bridgehead atoms. The van der Waals surface area contributed by atoms with Gasteiger partial charge in [-0.15, -0.1) is 0 Å². The Balaban J connectivity index is 1.29. The van der Waals surface area contributed by atoms with Gasteiger partial charge in [-0.25, -0.2) is 0 Å². The highest BCUT2D eigenvalue weighted by Gasteiger charge is 2.38. The van der Waals surface area contributed by atoms with Crippen molar-refractivity contribution < 1.29 is 4.42 Å². The summed E-state index contributed by atoms with van der Waals surface area (Å²) >= 11 is 0. The molecule has 0 radical (unpaired) electrons. The maximum absolute atomic E-state index is 7.21. The molecule has 270 valence electrons. The number of hydrogen-bond donors (Lipinski definition) is 0. The molecule has 9 aromatic carbocycles. The third kappa shape index (κ3) is 5.11. The van der Waals surface area contributed by atoms with Crippen molar-refractivity contribution in [3.63, 3.8) is 0 Å². The Morgan fingerprint density at radius 1 is 0.368 bits per heavy atom. The minimum Gasteiger partial charge on any atom is -0.455 e. The molecule has 0 aliphatic heterocycles. The van der Waals surface area contributed by atoms with E-state index in [1.54, 1.807) is 0 Å². The zero-order chi connectivity index (χ0) is 38.1. The van der Waals surface area contributed by atoms with Crippen molar-refractivity contribution in [1.29, 1.82) is 0 Å². The number of nitrogens with zero attached hydrogens (tertiary/aromatic N) is 1. The summed E-state index contributed by atoms with van der Waals surface area (Å²) in [6.07, 6.45) is 0. The van der Waals surface area contributed by atoms with Gasteiger partial charge in [0.25, 0.3) is 0 Å². The molecule has 1 aliphatic carbocycles. The molecule has 0 amide bonds. The Morgan fingerprint density at radius 2 is 0.912 bits per heavy atom. The van der Waals surface area contributed by atoms with Crippen LogP contribution in [0.2, 0.25) is 0 Å². The Kier molecular flexibility index (Phi) is 7.55. The van der Waals surface area contributed by atoms with Crippen LogP contribution in [0.3, 0.4) is 0 Å². The van der Waals surface area contributed by atoms with E-state index in [0.717, 1.165) is 66.8 Å². The highest BCUT2D eigenvalue weighted by molar-refractivity contribution is 6.20. The summed E-state index contributed by atoms with van der Waals surface area (Å²) in [6.45, 7) is 4.72. The standard InChI is InChI=1S/C55H39NO/c1-55(2)46-30-13-11-26-44(46)51-47(55)31-17-33-49(51)56(48-32-14-12-25-43(48)42-28-15-23-36-22-9-10-24-39(36)42)50-35-34-41(38-20-7-4-8-21-38)54-52(50)45-29-16-27-40(53(45)57-54)37-18-5-3-6-19-37/h3-35H,1-2H3. The molecule has 1 heterocycles. The van der Waals surface area contributed by atoms with Gasteiger partial charge in [0.1, 0.15) is 11.2 Å². The van der Waals surface area contributed by atoms with E-state index < -0.39 is 0 Å². The van der Waals surface area contributed by atoms with Gasteiger partial charge in [-0.2, -0.15) is 0 Å². The van der Waals surface area contributed by atoms with Crippen LogP contribution in [0, 0.1) is 0 Å². The molecule has 0 atom stereocenters. The number of anilines is 3. The number of hydrogen-bond acceptors (Lipinski definition) is 2. The summed E-state index contributed by atoms with van der Waals surface area (Å²) in [7, 11) is 0. The van der Waals surface area contributed by atoms with Gasteiger partial charge >= 0.3 is 0 Å². The molecule has 1 aromatic heterocycles. The van der Waals surface area contributed by atoms with Crippen LogP contribution >= 0.6 is 0 Å². The van der Waals surface area contributed by atoms with E-state index in [-0.39, 0.29) is 5.41 Å². The topological polar surface area (TPSA) is 16.4 Å². The third-order valence-electron chi connectivity index (χ3n) is 12.1. The molecule has 11 rings (SSSR count). The van der Waals surface area contributed by atoms with Gasteiger partial charge < -0.3 is 9.32 Å². The molecule has 0 N–H and O–H groups in total. The number of benzene rings is 9. The summed E-state index contributed by atoms with van der Waals surface area (Å²) in [4.78, 5) is 2.52. The third-order valence-corrected chi connectivity index (χ3v) is 12.1. The van der Waals surface area contributed by atoms with Crippen LogP contribution in [-0.4, -0.2) is 0 Å². The lowest BCUT2D eigenvalue weighted by Crippen LogP contribution is -2.16. The first-order chi connectivity index (χ1) is 28.1. The second-order valence-corrected chi connectivity index (χ2v) is 15.6. The summed E-state index contributed by atoms with van der Waals surface area (Å²) < 4.78 is 7.21. The van der Waals surface area contributed by atoms with Crippen molar-refractivity contribution in [1.82, 2.24) is 0 Å². The molecule has 0 saturated heterocycles. The fourth-order valence-electron chi connectivity index (χ4n) is 9.43. The summed E-state index contributed by atoms with van der Waals surface area (Å²) in [6, 6.07) is 72.5. The molecule has 0 fully saturated rings. The van der Waals surface area contributed by atoms with Crippen molar-refractivity contribution >= 4 is 49.8 Å². The van der Waals surface area contributed by atoms with Crippen molar-refractivity contribution in [2.24, 2.45) is 0 Å². The lowest BCUT2D eigenvalue weighted by Gasteiger charge is -2.31. The normalized spacial score (nSPS) is 12.9. The monoisotopic (exact) mass is 729 g/mol. The largest absolute Gasteiger partial charge is 0.455 e. The molecule has 57 heavy (non-hydrogen) atoms. The van der Waals surface area contributed by atoms with Crippen LogP contribution in [-0.2, 0) is 5.41 Å². The SMILES string of the molecule is CC1(C)c2ccccc2-c2c(N(c3ccccc3-c3cccc4ccccc34)c3ccc(-c4ccccc4)c4oc5c(-c6ccccc6)cccc5c34)cccc21. The molecule has 0 spiro atoms. The summed E-state index contributed by atoms with van der Waals surface area (Å²) in [5.41, 5.74) is 16.9. The Bertz CT molecular complexity index is 3150. The van der Waals surface area contributed by atoms with Gasteiger partial charge in [-0.1, -0.05) is 190 Å². The van der Waals surface area contributed by atoms with Crippen LogP contribution in [0.15, 0.2) is 205 Å². The second-order valence-electron chi connectivity index (χ2n) is 15.6. The fourth-order valence-corrected chi connectivity index (χ4v) is 9.43. The molecular formula is C55H39NO. The number of fused-ring (bicyclic) bond motifs is 7. The molecule has 2 heteroatoms. The van der Waals surface area contributed by atoms with Crippen molar-refractivity contribution in [2.75, 3.05) is 4.90 Å². The van der Waals surface area contributed by atoms with Gasteiger partial charge in [0.15, 0.2) is 0 Å². The van der Waals surface area contributed by atoms with Gasteiger partial charge in [0.05, 0.1) is 22.4 Å². The Hall–Kier alpha value is -7.16. The molecule has 0 saturated carbocycles. The lowest BCUT2D eigenvalue weighted by molar-refractivity contribution is 0.660. The molecule has 10 aromatic rings. The quantitative estimate of drug-likeness (QED) is 0.169. The Morgan fingerprint density at radius 3 is 1.72 bits per heavy atom. The maximum atomic E-state index is 7.21. The first kappa shape index (κ1) is 33.2. The first-order valence-electron chi connectivity index (χ1n) is 19.8. The number of para-hydroxylation sites is 2. The van der Waals surface area contributed by atoms with Crippen molar-refractivity contribution in [2.45, 2.75) is 19.3 Å². The molecule has 0 unspecified atom stereocenters. The highest BCUT2D eigenvalue weighted by atomic mass is 16.3. The molecule has 2 nitrogen and oxygen atoms in total. The van der Waals surface area contributed by atoms with Gasteiger partial charge in [0, 0.05) is 33.1 Å². The van der Waals surface area contributed by atoms with E-state index in [4.69, 9.17) is 4.42 Å². The fraction of sp³-hybridized carbons (Fsp3) is 0.0545. The summed E-state index contributed by atoms with van der Waals surface area (Å²) in [5.74, 6) is 0. The first-order valence-corrected chi connectivity index (χ1v) is 19.8. The van der Waals surface area contributed by atoms with Crippen LogP contribution in [0.25, 0.3) is 77.2 Å². The average Bonchev–Trinajstić information content (AvgIpc) is 3.78. The highest BCUT2D eigenvalue weighted by Crippen LogP contribution is 2.56. The Labute approximate surface area is 332 Å². The minimum absolute atomic E-state index is 0.165. The zero-order valence-corrected chi connectivity index (χ0v) is 31.9. The van der Waals surface area contributed by atoms with Crippen molar-refractivity contribution in [3.05, 3.63) is 211 Å². The number of rotatable bonds is 6. The average molecular weight is 730 g/mol. The van der Waals surface area contributed by atoms with Crippen LogP contribution < -0.4 is 4.90 Å². The van der Waals surface area contributed by atoms with Gasteiger partial charge in [-0.05, 0) is 68.4 Å². The molecule has 1 aliphatic rings. The number of furan rings is 1. The smallest absolute Gasteiger partial charge is 0.145 e. The maximum Gasteiger partial charge on any atom is 0.145 e. The van der Waals surface area contributed by atoms with Gasteiger partial charge in [-0.3, -0.25) is 0 Å². The zero-order valence-electron chi connectivity index (χ0n) is 31.9. The van der Waals surface area contributed by atoms with Gasteiger partial charge in [0.2, 0.25) is 0 Å². The predicted molar refractivity (Wildman–Crippen MR) is 240 cm³/mol. The van der Waals surface area contributed by atoms with E-state index in [2.05, 4.69) is 219 Å². The van der Waals surface area contributed by atoms with Crippen LogP contribution in [0.5, 0.6) is 0 Å². The van der Waals surface area contributed by atoms with Crippen molar-refractivity contribution in [3.8, 4) is 44.5 Å². The van der Waals surface area contributed by atoms with E-state index in [1.807, 2.05) is 0 Å². The predicted octanol–water partition coefficient (Wildman–Crippen LogP) is 15.5. The van der Waals surface area contributed by atoms with Crippen LogP contribution in [0.1, 0.15) is 25.0 Å². The summed E-state index contributed by atoms with van der Waals surface area (Å²) in [5, 5.41) is 4.61. The lowest BCUT2D eigenvalue weighted by atomic mass is 9.82. The van der Waals surface area contributed by atoms with E-state index in [1.165, 1.54) is 38.6 Å².